The third-order valence-corrected chi connectivity index (χ3v) is 5.04. The highest BCUT2D eigenvalue weighted by atomic mass is 19.1. The molecule has 0 radical (unpaired) electrons. The normalized spacial score (nSPS) is 15.3. The number of rotatable bonds is 5. The molecule has 1 aromatic heterocycles. The van der Waals surface area contributed by atoms with Crippen LogP contribution in [-0.2, 0) is 0 Å². The molecule has 0 amide bonds. The molecule has 0 spiro atoms. The fraction of sp³-hybridized carbons (Fsp3) is 0.182. The van der Waals surface area contributed by atoms with Gasteiger partial charge in [0.25, 0.3) is 0 Å². The summed E-state index contributed by atoms with van der Waals surface area (Å²) in [7, 11) is 0. The van der Waals surface area contributed by atoms with E-state index in [1.54, 1.807) is 6.07 Å². The van der Waals surface area contributed by atoms with Crippen molar-refractivity contribution in [3.8, 4) is 22.6 Å². The molecule has 3 aromatic rings. The molecule has 0 aliphatic carbocycles. The average Bonchev–Trinajstić information content (AvgIpc) is 2.73. The number of anilines is 1. The van der Waals surface area contributed by atoms with Crippen molar-refractivity contribution in [1.82, 2.24) is 4.98 Å². The number of carbonyl (C=O) groups is 1. The Kier molecular flexibility index (Phi) is 5.03. The molecule has 7 heteroatoms. The van der Waals surface area contributed by atoms with Gasteiger partial charge in [0, 0.05) is 24.2 Å². The molecule has 0 saturated carbocycles. The number of carboxylic acid groups (broad SMARTS) is 1. The van der Waals surface area contributed by atoms with Crippen molar-refractivity contribution in [3.05, 3.63) is 71.8 Å². The van der Waals surface area contributed by atoms with E-state index in [2.05, 4.69) is 10.3 Å². The zero-order chi connectivity index (χ0) is 20.4. The lowest BCUT2D eigenvalue weighted by Gasteiger charge is -2.27. The van der Waals surface area contributed by atoms with Crippen molar-refractivity contribution >= 4 is 11.7 Å². The Morgan fingerprint density at radius 2 is 2.10 bits per heavy atom. The number of aromatic hydroxyl groups is 1. The van der Waals surface area contributed by atoms with Gasteiger partial charge in [0.05, 0.1) is 24.1 Å². The van der Waals surface area contributed by atoms with Gasteiger partial charge in [-0.25, -0.2) is 9.18 Å². The Morgan fingerprint density at radius 3 is 2.93 bits per heavy atom. The Bertz CT molecular complexity index is 1070. The van der Waals surface area contributed by atoms with Gasteiger partial charge in [0.2, 0.25) is 0 Å². The third-order valence-electron chi connectivity index (χ3n) is 5.04. The van der Waals surface area contributed by atoms with E-state index >= 15 is 0 Å². The van der Waals surface area contributed by atoms with E-state index in [1.807, 2.05) is 12.1 Å². The molecule has 29 heavy (non-hydrogen) atoms. The molecule has 1 aliphatic rings. The van der Waals surface area contributed by atoms with Gasteiger partial charge in [0.15, 0.2) is 0 Å². The minimum absolute atomic E-state index is 0.00171. The molecule has 2 aromatic carbocycles. The lowest BCUT2D eigenvalue weighted by atomic mass is 9.90. The summed E-state index contributed by atoms with van der Waals surface area (Å²) >= 11 is 0. The quantitative estimate of drug-likeness (QED) is 0.599. The number of hydrogen-bond acceptors (Lipinski definition) is 5. The van der Waals surface area contributed by atoms with Crippen LogP contribution in [-0.4, -0.2) is 34.3 Å². The van der Waals surface area contributed by atoms with Crippen LogP contribution in [0.5, 0.6) is 11.5 Å². The number of carboxylic acids is 1. The van der Waals surface area contributed by atoms with Crippen molar-refractivity contribution in [2.45, 2.75) is 12.3 Å². The van der Waals surface area contributed by atoms with Crippen LogP contribution in [0.25, 0.3) is 11.1 Å². The number of hydrogen-bond donors (Lipinski definition) is 3. The number of phenolic OH excluding ortho intramolecular Hbond substituents is 1. The summed E-state index contributed by atoms with van der Waals surface area (Å²) in [6.45, 7) is 1.03. The second-order valence-electron chi connectivity index (χ2n) is 6.86. The maximum atomic E-state index is 13.6. The molecule has 0 saturated heterocycles. The van der Waals surface area contributed by atoms with Crippen molar-refractivity contribution in [2.24, 2.45) is 0 Å². The van der Waals surface area contributed by atoms with E-state index in [-0.39, 0.29) is 17.2 Å². The topological polar surface area (TPSA) is 91.7 Å². The Morgan fingerprint density at radius 1 is 1.24 bits per heavy atom. The van der Waals surface area contributed by atoms with Gasteiger partial charge in [-0.1, -0.05) is 12.1 Å². The highest BCUT2D eigenvalue weighted by Crippen LogP contribution is 2.39. The third kappa shape index (κ3) is 3.85. The van der Waals surface area contributed by atoms with Crippen LogP contribution in [0.1, 0.15) is 28.3 Å². The number of ether oxygens (including phenoxy) is 1. The number of nitrogens with zero attached hydrogens (tertiary/aromatic N) is 1. The highest BCUT2D eigenvalue weighted by molar-refractivity contribution is 5.93. The van der Waals surface area contributed by atoms with Gasteiger partial charge < -0.3 is 20.3 Å². The number of halogens is 1. The Labute approximate surface area is 166 Å². The lowest BCUT2D eigenvalue weighted by molar-refractivity contribution is 0.0697. The summed E-state index contributed by atoms with van der Waals surface area (Å²) in [4.78, 5) is 15.4. The van der Waals surface area contributed by atoms with Crippen molar-refractivity contribution in [3.63, 3.8) is 0 Å². The van der Waals surface area contributed by atoms with Crippen LogP contribution in [0.4, 0.5) is 10.1 Å². The molecule has 1 aliphatic heterocycles. The number of nitrogens with one attached hydrogen (secondary N) is 1. The van der Waals surface area contributed by atoms with Crippen molar-refractivity contribution in [2.75, 3.05) is 18.5 Å². The number of aromatic nitrogens is 1. The van der Waals surface area contributed by atoms with E-state index in [0.717, 1.165) is 12.0 Å². The fourth-order valence-electron chi connectivity index (χ4n) is 3.54. The molecule has 1 atom stereocenters. The Balaban J connectivity index is 1.58. The second-order valence-corrected chi connectivity index (χ2v) is 6.86. The summed E-state index contributed by atoms with van der Waals surface area (Å²) < 4.78 is 19.4. The van der Waals surface area contributed by atoms with E-state index in [0.29, 0.717) is 35.7 Å². The minimum atomic E-state index is -1.01. The van der Waals surface area contributed by atoms with Crippen molar-refractivity contribution in [1.29, 1.82) is 0 Å². The van der Waals surface area contributed by atoms with Crippen molar-refractivity contribution < 1.29 is 24.1 Å². The van der Waals surface area contributed by atoms with E-state index in [1.165, 1.54) is 36.7 Å². The van der Waals surface area contributed by atoms with Crippen LogP contribution in [0, 0.1) is 5.82 Å². The average molecular weight is 394 g/mol. The standard InChI is InChI=1S/C22H19FN2O4/c23-15-2-4-20(26)18(10-15)13-1-3-16-14(6-8-29-21(16)9-13)11-25-19-12-24-7-5-17(19)22(27)28/h1-5,7,9-10,12,14,25-26H,6,8,11H2,(H,27,28)/t14-/m0/s1. The van der Waals surface area contributed by atoms with Crippen LogP contribution < -0.4 is 10.1 Å². The first-order valence-electron chi connectivity index (χ1n) is 9.19. The van der Waals surface area contributed by atoms with E-state index in [4.69, 9.17) is 4.74 Å². The number of benzene rings is 2. The van der Waals surface area contributed by atoms with Gasteiger partial charge in [-0.2, -0.15) is 0 Å². The van der Waals surface area contributed by atoms with Gasteiger partial charge in [0.1, 0.15) is 17.3 Å². The van der Waals surface area contributed by atoms with Gasteiger partial charge in [-0.05, 0) is 47.9 Å². The number of pyridine rings is 1. The van der Waals surface area contributed by atoms with Crippen LogP contribution in [0.3, 0.4) is 0 Å². The minimum Gasteiger partial charge on any atom is -0.507 e. The molecular formula is C22H19FN2O4. The number of phenols is 1. The van der Waals surface area contributed by atoms with Crippen LogP contribution in [0.15, 0.2) is 54.9 Å². The first-order valence-corrected chi connectivity index (χ1v) is 9.19. The maximum Gasteiger partial charge on any atom is 0.337 e. The summed E-state index contributed by atoms with van der Waals surface area (Å²) in [6.07, 6.45) is 3.72. The molecule has 3 N–H and O–H groups in total. The SMILES string of the molecule is O=C(O)c1ccncc1NC[C@@H]1CCOc2cc(-c3cc(F)ccc3O)ccc21. The molecule has 0 unspecified atom stereocenters. The lowest BCUT2D eigenvalue weighted by Crippen LogP contribution is -2.21. The van der Waals surface area contributed by atoms with E-state index in [9.17, 15) is 19.4 Å². The molecular weight excluding hydrogens is 375 g/mol. The van der Waals surface area contributed by atoms with Gasteiger partial charge in [-0.15, -0.1) is 0 Å². The summed E-state index contributed by atoms with van der Waals surface area (Å²) in [6, 6.07) is 10.8. The predicted molar refractivity (Wildman–Crippen MR) is 106 cm³/mol. The highest BCUT2D eigenvalue weighted by Gasteiger charge is 2.23. The molecule has 0 bridgehead atoms. The predicted octanol–water partition coefficient (Wildman–Crippen LogP) is 4.27. The number of fused-ring (bicyclic) bond motifs is 1. The molecule has 2 heterocycles. The zero-order valence-electron chi connectivity index (χ0n) is 15.4. The monoisotopic (exact) mass is 394 g/mol. The largest absolute Gasteiger partial charge is 0.507 e. The van der Waals surface area contributed by atoms with Crippen LogP contribution >= 0.6 is 0 Å². The maximum absolute atomic E-state index is 13.6. The van der Waals surface area contributed by atoms with E-state index < -0.39 is 11.8 Å². The number of aromatic carboxylic acids is 1. The molecule has 4 rings (SSSR count). The smallest absolute Gasteiger partial charge is 0.337 e. The van der Waals surface area contributed by atoms with Crippen LogP contribution in [0.2, 0.25) is 0 Å². The fourth-order valence-corrected chi connectivity index (χ4v) is 3.54. The summed E-state index contributed by atoms with van der Waals surface area (Å²) in [5, 5.41) is 22.5. The molecule has 148 valence electrons. The molecule has 0 fully saturated rings. The van der Waals surface area contributed by atoms with Gasteiger partial charge >= 0.3 is 5.97 Å². The second kappa shape index (κ2) is 7.79. The first kappa shape index (κ1) is 18.7. The molecule has 6 nitrogen and oxygen atoms in total. The zero-order valence-corrected chi connectivity index (χ0v) is 15.4. The summed E-state index contributed by atoms with van der Waals surface area (Å²) in [5.41, 5.74) is 2.68. The Hall–Kier alpha value is -3.61. The first-order chi connectivity index (χ1) is 14.0. The summed E-state index contributed by atoms with van der Waals surface area (Å²) in [5.74, 6) is -0.659. The van der Waals surface area contributed by atoms with Gasteiger partial charge in [-0.3, -0.25) is 4.98 Å².